The number of nitrogens with two attached hydrogens (primary N) is 1. The summed E-state index contributed by atoms with van der Waals surface area (Å²) in [6, 6.07) is 7.06. The fourth-order valence-electron chi connectivity index (χ4n) is 0.933. The molecule has 0 aliphatic rings. The Morgan fingerprint density at radius 2 is 1.87 bits per heavy atom. The van der Waals surface area contributed by atoms with Gasteiger partial charge in [0.2, 0.25) is 5.91 Å². The minimum absolute atomic E-state index is 0.508. The van der Waals surface area contributed by atoms with E-state index in [4.69, 9.17) is 28.9 Å². The molecule has 1 amide bonds. The van der Waals surface area contributed by atoms with Gasteiger partial charge in [0.1, 0.15) is 0 Å². The van der Waals surface area contributed by atoms with Crippen molar-refractivity contribution in [1.82, 2.24) is 0 Å². The largest absolute Gasteiger partial charge is 0.366 e. The molecule has 15 heavy (non-hydrogen) atoms. The number of benzene rings is 1. The smallest absolute Gasteiger partial charge is 0.241 e. The summed E-state index contributed by atoms with van der Waals surface area (Å²) in [6.07, 6.45) is 4.33. The van der Waals surface area contributed by atoms with Gasteiger partial charge in [0.15, 0.2) is 0 Å². The molecule has 1 rings (SSSR count). The van der Waals surface area contributed by atoms with Gasteiger partial charge in [-0.3, -0.25) is 4.79 Å². The molecule has 0 saturated heterocycles. The number of allylic oxidation sites excluding steroid dienone is 2. The van der Waals surface area contributed by atoms with E-state index < -0.39 is 5.91 Å². The van der Waals surface area contributed by atoms with Crippen LogP contribution in [-0.2, 0) is 4.79 Å². The topological polar surface area (TPSA) is 43.1 Å². The Kier molecular flexibility index (Phi) is 4.40. The fourth-order valence-corrected chi connectivity index (χ4v) is 1.26. The van der Waals surface area contributed by atoms with E-state index in [1.54, 1.807) is 30.3 Å². The van der Waals surface area contributed by atoms with Crippen molar-refractivity contribution in [2.75, 3.05) is 0 Å². The molecule has 2 nitrogen and oxygen atoms in total. The molecule has 78 valence electrons. The Labute approximate surface area is 98.0 Å². The monoisotopic (exact) mass is 241 g/mol. The van der Waals surface area contributed by atoms with Gasteiger partial charge in [0.25, 0.3) is 0 Å². The van der Waals surface area contributed by atoms with Crippen molar-refractivity contribution in [3.8, 4) is 0 Å². The highest BCUT2D eigenvalue weighted by Gasteiger charge is 1.95. The number of rotatable bonds is 3. The maximum Gasteiger partial charge on any atom is 0.241 e. The van der Waals surface area contributed by atoms with E-state index in [0.717, 1.165) is 5.56 Å². The van der Waals surface area contributed by atoms with Crippen LogP contribution < -0.4 is 5.73 Å². The lowest BCUT2D eigenvalue weighted by atomic mass is 10.2. The molecule has 0 aliphatic carbocycles. The van der Waals surface area contributed by atoms with Crippen molar-refractivity contribution in [2.24, 2.45) is 5.73 Å². The van der Waals surface area contributed by atoms with Gasteiger partial charge in [-0.05, 0) is 23.8 Å². The summed E-state index contributed by atoms with van der Waals surface area (Å²) in [5.41, 5.74) is 5.75. The van der Waals surface area contributed by atoms with E-state index in [1.165, 1.54) is 12.2 Å². The highest BCUT2D eigenvalue weighted by atomic mass is 35.5. The van der Waals surface area contributed by atoms with E-state index in [0.29, 0.717) is 10.1 Å². The lowest BCUT2D eigenvalue weighted by Gasteiger charge is -1.97. The number of halogens is 2. The first-order chi connectivity index (χ1) is 7.09. The van der Waals surface area contributed by atoms with Gasteiger partial charge in [-0.15, -0.1) is 0 Å². The quantitative estimate of drug-likeness (QED) is 0.642. The van der Waals surface area contributed by atoms with Crippen molar-refractivity contribution in [3.05, 3.63) is 53.1 Å². The highest BCUT2D eigenvalue weighted by Crippen LogP contribution is 2.20. The van der Waals surface area contributed by atoms with Gasteiger partial charge in [0, 0.05) is 16.1 Å². The van der Waals surface area contributed by atoms with Crippen LogP contribution in [0.3, 0.4) is 0 Å². The summed E-state index contributed by atoms with van der Waals surface area (Å²) in [7, 11) is 0. The number of hydrogen-bond donors (Lipinski definition) is 1. The highest BCUT2D eigenvalue weighted by molar-refractivity contribution is 6.49. The zero-order chi connectivity index (χ0) is 11.3. The van der Waals surface area contributed by atoms with Crippen LogP contribution in [0.25, 0.3) is 5.03 Å². The molecule has 0 spiro atoms. The van der Waals surface area contributed by atoms with Crippen LogP contribution in [0.4, 0.5) is 0 Å². The SMILES string of the molecule is NC(=O)/C=C/C=C(/Cl)c1ccc(Cl)cc1. The molecule has 0 bridgehead atoms. The summed E-state index contributed by atoms with van der Waals surface area (Å²) in [4.78, 5) is 10.4. The average Bonchev–Trinajstić information content (AvgIpc) is 2.18. The second kappa shape index (κ2) is 5.59. The van der Waals surface area contributed by atoms with Crippen LogP contribution in [-0.4, -0.2) is 5.91 Å². The molecule has 4 heteroatoms. The predicted octanol–water partition coefficient (Wildman–Crippen LogP) is 2.96. The molecule has 0 radical (unpaired) electrons. The molecule has 1 aromatic rings. The molecule has 0 atom stereocenters. The van der Waals surface area contributed by atoms with Crippen LogP contribution in [0.5, 0.6) is 0 Å². The van der Waals surface area contributed by atoms with Crippen molar-refractivity contribution < 1.29 is 4.79 Å². The van der Waals surface area contributed by atoms with E-state index in [-0.39, 0.29) is 0 Å². The van der Waals surface area contributed by atoms with Crippen molar-refractivity contribution in [2.45, 2.75) is 0 Å². The van der Waals surface area contributed by atoms with Crippen LogP contribution in [0.15, 0.2) is 42.5 Å². The van der Waals surface area contributed by atoms with E-state index in [1.807, 2.05) is 0 Å². The third-order valence-electron chi connectivity index (χ3n) is 1.62. The lowest BCUT2D eigenvalue weighted by Crippen LogP contribution is -2.04. The second-order valence-electron chi connectivity index (χ2n) is 2.78. The van der Waals surface area contributed by atoms with Gasteiger partial charge < -0.3 is 5.73 Å². The predicted molar refractivity (Wildman–Crippen MR) is 63.6 cm³/mol. The molecule has 0 aromatic heterocycles. The van der Waals surface area contributed by atoms with Crippen LogP contribution in [0.1, 0.15) is 5.56 Å². The van der Waals surface area contributed by atoms with Crippen molar-refractivity contribution in [3.63, 3.8) is 0 Å². The van der Waals surface area contributed by atoms with E-state index >= 15 is 0 Å². The molecule has 0 unspecified atom stereocenters. The molecule has 1 aromatic carbocycles. The Balaban J connectivity index is 2.80. The number of primary amides is 1. The Morgan fingerprint density at radius 3 is 2.40 bits per heavy atom. The number of amides is 1. The molecule has 0 fully saturated rings. The van der Waals surface area contributed by atoms with E-state index in [9.17, 15) is 4.79 Å². The summed E-state index contributed by atoms with van der Waals surface area (Å²) in [5.74, 6) is -0.508. The minimum Gasteiger partial charge on any atom is -0.366 e. The summed E-state index contributed by atoms with van der Waals surface area (Å²) in [5, 5.41) is 1.17. The molecule has 0 heterocycles. The average molecular weight is 242 g/mol. The third kappa shape index (κ3) is 4.19. The third-order valence-corrected chi connectivity index (χ3v) is 2.22. The molecule has 2 N–H and O–H groups in total. The first kappa shape index (κ1) is 11.8. The van der Waals surface area contributed by atoms with Crippen molar-refractivity contribution >= 4 is 34.1 Å². The van der Waals surface area contributed by atoms with Gasteiger partial charge in [0.05, 0.1) is 0 Å². The Bertz CT molecular complexity index is 407. The normalized spacial score (nSPS) is 12.0. The van der Waals surface area contributed by atoms with Crippen LogP contribution in [0, 0.1) is 0 Å². The Morgan fingerprint density at radius 1 is 1.27 bits per heavy atom. The number of carbonyl (C=O) groups is 1. The molecule has 0 aliphatic heterocycles. The summed E-state index contributed by atoms with van der Waals surface area (Å²) in [6.45, 7) is 0. The first-order valence-corrected chi connectivity index (χ1v) is 4.94. The number of carbonyl (C=O) groups excluding carboxylic acids is 1. The zero-order valence-electron chi connectivity index (χ0n) is 7.78. The Hall–Kier alpha value is -1.25. The molecular formula is C11H9Cl2NO. The van der Waals surface area contributed by atoms with Gasteiger partial charge in [-0.2, -0.15) is 0 Å². The van der Waals surface area contributed by atoms with Gasteiger partial charge >= 0.3 is 0 Å². The first-order valence-electron chi connectivity index (χ1n) is 4.19. The zero-order valence-corrected chi connectivity index (χ0v) is 9.29. The maximum absolute atomic E-state index is 10.4. The van der Waals surface area contributed by atoms with Crippen LogP contribution in [0.2, 0.25) is 5.02 Å². The fraction of sp³-hybridized carbons (Fsp3) is 0. The van der Waals surface area contributed by atoms with E-state index in [2.05, 4.69) is 0 Å². The summed E-state index contributed by atoms with van der Waals surface area (Å²) < 4.78 is 0. The van der Waals surface area contributed by atoms with Crippen LogP contribution >= 0.6 is 23.2 Å². The van der Waals surface area contributed by atoms with Crippen molar-refractivity contribution in [1.29, 1.82) is 0 Å². The van der Waals surface area contributed by atoms with Gasteiger partial charge in [-0.1, -0.05) is 41.4 Å². The second-order valence-corrected chi connectivity index (χ2v) is 3.63. The number of hydrogen-bond acceptors (Lipinski definition) is 1. The molecule has 0 saturated carbocycles. The lowest BCUT2D eigenvalue weighted by molar-refractivity contribution is -0.113. The maximum atomic E-state index is 10.4. The minimum atomic E-state index is -0.508. The standard InChI is InChI=1S/C11H9Cl2NO/c12-9-6-4-8(5-7-9)10(13)2-1-3-11(14)15/h1-7H,(H2,14,15)/b3-1+,10-2+. The summed E-state index contributed by atoms with van der Waals surface area (Å²) >= 11 is 11.7. The molecular weight excluding hydrogens is 233 g/mol. The van der Waals surface area contributed by atoms with Gasteiger partial charge in [-0.25, -0.2) is 0 Å².